The van der Waals surface area contributed by atoms with E-state index in [1.165, 1.54) is 38.5 Å². The first-order valence-electron chi connectivity index (χ1n) is 6.84. The van der Waals surface area contributed by atoms with Crippen molar-refractivity contribution in [3.8, 4) is 0 Å². The van der Waals surface area contributed by atoms with E-state index in [2.05, 4.69) is 5.32 Å². The Morgan fingerprint density at radius 1 is 1.19 bits per heavy atom. The lowest BCUT2D eigenvalue weighted by atomic mass is 9.95. The molecule has 3 aliphatic rings. The molecule has 1 saturated heterocycles. The molecule has 3 unspecified atom stereocenters. The molecule has 16 heavy (non-hydrogen) atoms. The van der Waals surface area contributed by atoms with Crippen LogP contribution in [0.3, 0.4) is 0 Å². The number of amides is 1. The van der Waals surface area contributed by atoms with Crippen molar-refractivity contribution in [3.05, 3.63) is 0 Å². The van der Waals surface area contributed by atoms with E-state index in [1.54, 1.807) is 0 Å². The molecule has 3 nitrogen and oxygen atoms in total. The Hall–Kier alpha value is -0.570. The Morgan fingerprint density at radius 3 is 2.62 bits per heavy atom. The molecule has 1 amide bonds. The van der Waals surface area contributed by atoms with Crippen LogP contribution in [0.25, 0.3) is 0 Å². The predicted octanol–water partition coefficient (Wildman–Crippen LogP) is 1.39. The number of rotatable bonds is 3. The third-order valence-corrected chi connectivity index (χ3v) is 4.71. The van der Waals surface area contributed by atoms with Crippen LogP contribution in [0.2, 0.25) is 0 Å². The number of nitrogens with one attached hydrogen (secondary N) is 1. The van der Waals surface area contributed by atoms with E-state index in [4.69, 9.17) is 0 Å². The van der Waals surface area contributed by atoms with Gasteiger partial charge in [0.2, 0.25) is 5.91 Å². The number of nitrogens with zero attached hydrogens (tertiary/aromatic N) is 1. The molecule has 1 N–H and O–H groups in total. The standard InChI is InChI=1S/C13H22N2O/c16-13(15-5-1-2-6-15)9-14-12-8-10-3-4-11(12)7-10/h10-12,14H,1-9H2. The topological polar surface area (TPSA) is 32.3 Å². The van der Waals surface area contributed by atoms with E-state index in [0.717, 1.165) is 24.9 Å². The summed E-state index contributed by atoms with van der Waals surface area (Å²) in [6.45, 7) is 2.54. The molecule has 0 aromatic heterocycles. The normalized spacial score (nSPS) is 37.2. The van der Waals surface area contributed by atoms with Gasteiger partial charge >= 0.3 is 0 Å². The second-order valence-electron chi connectivity index (χ2n) is 5.75. The fourth-order valence-electron chi connectivity index (χ4n) is 3.79. The van der Waals surface area contributed by atoms with Crippen LogP contribution >= 0.6 is 0 Å². The third-order valence-electron chi connectivity index (χ3n) is 4.71. The summed E-state index contributed by atoms with van der Waals surface area (Å²) in [6, 6.07) is 0.644. The second-order valence-corrected chi connectivity index (χ2v) is 5.75. The van der Waals surface area contributed by atoms with Gasteiger partial charge in [-0.15, -0.1) is 0 Å². The first-order valence-corrected chi connectivity index (χ1v) is 6.84. The molecule has 90 valence electrons. The van der Waals surface area contributed by atoms with Crippen LogP contribution in [0.5, 0.6) is 0 Å². The molecular formula is C13H22N2O. The molecule has 0 spiro atoms. The third kappa shape index (κ3) is 1.97. The van der Waals surface area contributed by atoms with Crippen molar-refractivity contribution in [2.75, 3.05) is 19.6 Å². The minimum atomic E-state index is 0.320. The lowest BCUT2D eigenvalue weighted by molar-refractivity contribution is -0.129. The monoisotopic (exact) mass is 222 g/mol. The summed E-state index contributed by atoms with van der Waals surface area (Å²) in [7, 11) is 0. The van der Waals surface area contributed by atoms with Crippen LogP contribution in [0.4, 0.5) is 0 Å². The zero-order valence-electron chi connectivity index (χ0n) is 9.95. The molecule has 3 fully saturated rings. The average Bonchev–Trinajstić information content (AvgIpc) is 3.01. The summed E-state index contributed by atoms with van der Waals surface area (Å²) >= 11 is 0. The van der Waals surface area contributed by atoms with Gasteiger partial charge in [0.15, 0.2) is 0 Å². The highest BCUT2D eigenvalue weighted by atomic mass is 16.2. The Labute approximate surface area is 97.6 Å². The number of fused-ring (bicyclic) bond motifs is 2. The van der Waals surface area contributed by atoms with Gasteiger partial charge in [0.05, 0.1) is 6.54 Å². The largest absolute Gasteiger partial charge is 0.342 e. The summed E-state index contributed by atoms with van der Waals surface area (Å²) in [5.41, 5.74) is 0. The van der Waals surface area contributed by atoms with E-state index >= 15 is 0 Å². The molecule has 3 atom stereocenters. The summed E-state index contributed by atoms with van der Waals surface area (Å²) in [6.07, 6.45) is 7.94. The van der Waals surface area contributed by atoms with Gasteiger partial charge in [0, 0.05) is 19.1 Å². The maximum Gasteiger partial charge on any atom is 0.236 e. The molecule has 2 bridgehead atoms. The van der Waals surface area contributed by atoms with Crippen molar-refractivity contribution in [1.82, 2.24) is 10.2 Å². The Kier molecular flexibility index (Phi) is 2.88. The van der Waals surface area contributed by atoms with Gasteiger partial charge in [0.1, 0.15) is 0 Å². The van der Waals surface area contributed by atoms with E-state index in [9.17, 15) is 4.79 Å². The Bertz CT molecular complexity index is 273. The van der Waals surface area contributed by atoms with Crippen LogP contribution in [-0.4, -0.2) is 36.5 Å². The van der Waals surface area contributed by atoms with Crippen molar-refractivity contribution in [3.63, 3.8) is 0 Å². The summed E-state index contributed by atoms with van der Waals surface area (Å²) in [5.74, 6) is 2.15. The van der Waals surface area contributed by atoms with Crippen molar-refractivity contribution in [2.45, 2.75) is 44.6 Å². The van der Waals surface area contributed by atoms with Gasteiger partial charge in [-0.1, -0.05) is 6.42 Å². The van der Waals surface area contributed by atoms with Gasteiger partial charge in [-0.05, 0) is 43.9 Å². The minimum absolute atomic E-state index is 0.320. The molecule has 3 rings (SSSR count). The van der Waals surface area contributed by atoms with E-state index in [-0.39, 0.29) is 0 Å². The van der Waals surface area contributed by atoms with E-state index < -0.39 is 0 Å². The first-order chi connectivity index (χ1) is 7.83. The SMILES string of the molecule is O=C(CNC1CC2CCC1C2)N1CCCC1. The number of hydrogen-bond acceptors (Lipinski definition) is 2. The summed E-state index contributed by atoms with van der Waals surface area (Å²) in [5, 5.41) is 3.50. The number of carbonyl (C=O) groups is 1. The van der Waals surface area contributed by atoms with Crippen LogP contribution in [0.1, 0.15) is 38.5 Å². The fourth-order valence-corrected chi connectivity index (χ4v) is 3.79. The first kappa shape index (κ1) is 10.6. The highest BCUT2D eigenvalue weighted by Crippen LogP contribution is 2.44. The van der Waals surface area contributed by atoms with Crippen LogP contribution < -0.4 is 5.32 Å². The predicted molar refractivity (Wildman–Crippen MR) is 63.1 cm³/mol. The van der Waals surface area contributed by atoms with Crippen molar-refractivity contribution >= 4 is 5.91 Å². The highest BCUT2D eigenvalue weighted by Gasteiger charge is 2.39. The molecule has 1 heterocycles. The Morgan fingerprint density at radius 2 is 2.00 bits per heavy atom. The highest BCUT2D eigenvalue weighted by molar-refractivity contribution is 5.78. The summed E-state index contributed by atoms with van der Waals surface area (Å²) < 4.78 is 0. The lowest BCUT2D eigenvalue weighted by Gasteiger charge is -2.24. The lowest BCUT2D eigenvalue weighted by Crippen LogP contribution is -2.42. The fraction of sp³-hybridized carbons (Fsp3) is 0.923. The number of carbonyl (C=O) groups excluding carboxylic acids is 1. The molecule has 2 saturated carbocycles. The van der Waals surface area contributed by atoms with Crippen LogP contribution in [0.15, 0.2) is 0 Å². The molecule has 2 aliphatic carbocycles. The summed E-state index contributed by atoms with van der Waals surface area (Å²) in [4.78, 5) is 13.9. The van der Waals surface area contributed by atoms with E-state index in [0.29, 0.717) is 18.5 Å². The zero-order valence-corrected chi connectivity index (χ0v) is 9.95. The molecule has 1 aliphatic heterocycles. The molecule has 0 aromatic rings. The van der Waals surface area contributed by atoms with Crippen molar-refractivity contribution in [2.24, 2.45) is 11.8 Å². The smallest absolute Gasteiger partial charge is 0.236 e. The molecule has 0 aromatic carbocycles. The molecule has 0 radical (unpaired) electrons. The van der Waals surface area contributed by atoms with Gasteiger partial charge in [0.25, 0.3) is 0 Å². The second kappa shape index (κ2) is 4.36. The average molecular weight is 222 g/mol. The molecule has 3 heteroatoms. The van der Waals surface area contributed by atoms with Gasteiger partial charge in [-0.3, -0.25) is 4.79 Å². The van der Waals surface area contributed by atoms with Gasteiger partial charge in [-0.2, -0.15) is 0 Å². The van der Waals surface area contributed by atoms with Crippen molar-refractivity contribution in [1.29, 1.82) is 0 Å². The van der Waals surface area contributed by atoms with Gasteiger partial charge < -0.3 is 10.2 Å². The minimum Gasteiger partial charge on any atom is -0.342 e. The number of likely N-dealkylation sites (tertiary alicyclic amines) is 1. The number of hydrogen-bond donors (Lipinski definition) is 1. The van der Waals surface area contributed by atoms with Crippen LogP contribution in [-0.2, 0) is 4.79 Å². The van der Waals surface area contributed by atoms with Crippen molar-refractivity contribution < 1.29 is 4.79 Å². The quantitative estimate of drug-likeness (QED) is 0.782. The molecular weight excluding hydrogens is 200 g/mol. The Balaban J connectivity index is 1.44. The maximum atomic E-state index is 11.9. The van der Waals surface area contributed by atoms with E-state index in [1.807, 2.05) is 4.90 Å². The van der Waals surface area contributed by atoms with Gasteiger partial charge in [-0.25, -0.2) is 0 Å². The zero-order chi connectivity index (χ0) is 11.0. The maximum absolute atomic E-state index is 11.9. The van der Waals surface area contributed by atoms with Crippen LogP contribution in [0, 0.1) is 11.8 Å².